The molecule has 2 nitrogen and oxygen atoms in total. The summed E-state index contributed by atoms with van der Waals surface area (Å²) in [4.78, 5) is 12.0. The van der Waals surface area contributed by atoms with Gasteiger partial charge in [0.25, 0.3) is 0 Å². The SMILES string of the molecule is CCC(C)N/C=C/C(=O)c1ccc2ccccc2c1. The van der Waals surface area contributed by atoms with E-state index in [0.29, 0.717) is 6.04 Å². The van der Waals surface area contributed by atoms with Crippen molar-refractivity contribution in [2.45, 2.75) is 26.3 Å². The van der Waals surface area contributed by atoms with Crippen LogP contribution in [0.2, 0.25) is 0 Å². The first kappa shape index (κ1) is 13.3. The fourth-order valence-electron chi connectivity index (χ4n) is 1.84. The molecular weight excluding hydrogens is 234 g/mol. The van der Waals surface area contributed by atoms with E-state index in [-0.39, 0.29) is 5.78 Å². The summed E-state index contributed by atoms with van der Waals surface area (Å²) in [6, 6.07) is 14.2. The van der Waals surface area contributed by atoms with E-state index in [0.717, 1.165) is 22.8 Å². The van der Waals surface area contributed by atoms with Crippen molar-refractivity contribution in [2.24, 2.45) is 0 Å². The van der Waals surface area contributed by atoms with Crippen LogP contribution >= 0.6 is 0 Å². The number of rotatable bonds is 5. The van der Waals surface area contributed by atoms with Crippen molar-refractivity contribution < 1.29 is 4.79 Å². The number of hydrogen-bond donors (Lipinski definition) is 1. The highest BCUT2D eigenvalue weighted by Crippen LogP contribution is 2.16. The minimum Gasteiger partial charge on any atom is -0.388 e. The normalized spacial score (nSPS) is 12.7. The molecular formula is C17H19NO. The zero-order chi connectivity index (χ0) is 13.7. The van der Waals surface area contributed by atoms with Crippen LogP contribution in [0.3, 0.4) is 0 Å². The molecule has 2 aromatic rings. The summed E-state index contributed by atoms with van der Waals surface area (Å²) in [7, 11) is 0. The summed E-state index contributed by atoms with van der Waals surface area (Å²) < 4.78 is 0. The zero-order valence-electron chi connectivity index (χ0n) is 11.4. The fraction of sp³-hybridized carbons (Fsp3) is 0.235. The number of fused-ring (bicyclic) bond motifs is 1. The first-order chi connectivity index (χ1) is 9.20. The Morgan fingerprint density at radius 3 is 2.68 bits per heavy atom. The second-order valence-corrected chi connectivity index (χ2v) is 4.74. The smallest absolute Gasteiger partial charge is 0.187 e. The van der Waals surface area contributed by atoms with Crippen molar-refractivity contribution >= 4 is 16.6 Å². The Bertz CT molecular complexity index is 601. The first-order valence-electron chi connectivity index (χ1n) is 6.66. The number of hydrogen-bond acceptors (Lipinski definition) is 2. The van der Waals surface area contributed by atoms with Crippen molar-refractivity contribution in [2.75, 3.05) is 0 Å². The first-order valence-corrected chi connectivity index (χ1v) is 6.66. The van der Waals surface area contributed by atoms with Crippen LogP contribution in [-0.2, 0) is 0 Å². The quantitative estimate of drug-likeness (QED) is 0.646. The predicted molar refractivity (Wildman–Crippen MR) is 80.3 cm³/mol. The molecule has 0 amide bonds. The minimum absolute atomic E-state index is 0.0292. The Balaban J connectivity index is 2.13. The Morgan fingerprint density at radius 2 is 1.95 bits per heavy atom. The molecule has 0 spiro atoms. The van der Waals surface area contributed by atoms with Gasteiger partial charge in [-0.25, -0.2) is 0 Å². The highest BCUT2D eigenvalue weighted by atomic mass is 16.1. The van der Waals surface area contributed by atoms with Gasteiger partial charge in [-0.2, -0.15) is 0 Å². The topological polar surface area (TPSA) is 29.1 Å². The molecule has 0 fully saturated rings. The van der Waals surface area contributed by atoms with Gasteiger partial charge in [0.2, 0.25) is 0 Å². The van der Waals surface area contributed by atoms with E-state index >= 15 is 0 Å². The van der Waals surface area contributed by atoms with Gasteiger partial charge in [-0.3, -0.25) is 4.79 Å². The lowest BCUT2D eigenvalue weighted by Gasteiger charge is -2.07. The van der Waals surface area contributed by atoms with Crippen LogP contribution in [0.1, 0.15) is 30.6 Å². The van der Waals surface area contributed by atoms with E-state index < -0.39 is 0 Å². The van der Waals surface area contributed by atoms with E-state index in [4.69, 9.17) is 0 Å². The zero-order valence-corrected chi connectivity index (χ0v) is 11.4. The molecule has 0 saturated heterocycles. The number of benzene rings is 2. The Morgan fingerprint density at radius 1 is 1.21 bits per heavy atom. The molecule has 98 valence electrons. The third-order valence-electron chi connectivity index (χ3n) is 3.26. The van der Waals surface area contributed by atoms with Gasteiger partial charge >= 0.3 is 0 Å². The molecule has 2 aromatic carbocycles. The lowest BCUT2D eigenvalue weighted by molar-refractivity contribution is 0.104. The summed E-state index contributed by atoms with van der Waals surface area (Å²) in [6.07, 6.45) is 4.37. The molecule has 0 aromatic heterocycles. The van der Waals surface area contributed by atoms with Gasteiger partial charge in [0, 0.05) is 23.9 Å². The van der Waals surface area contributed by atoms with Crippen molar-refractivity contribution in [3.8, 4) is 0 Å². The molecule has 0 saturated carbocycles. The van der Waals surface area contributed by atoms with Gasteiger partial charge in [0.05, 0.1) is 0 Å². The van der Waals surface area contributed by atoms with Gasteiger partial charge in [-0.05, 0) is 30.2 Å². The monoisotopic (exact) mass is 253 g/mol. The third kappa shape index (κ3) is 3.44. The van der Waals surface area contributed by atoms with E-state index in [1.54, 1.807) is 12.3 Å². The van der Waals surface area contributed by atoms with Crippen LogP contribution in [0, 0.1) is 0 Å². The standard InChI is InChI=1S/C17H19NO/c1-3-13(2)18-11-10-17(19)16-9-8-14-6-4-5-7-15(14)12-16/h4-13,18H,3H2,1-2H3/b11-10+. The maximum Gasteiger partial charge on any atom is 0.187 e. The molecule has 0 aliphatic carbocycles. The van der Waals surface area contributed by atoms with Crippen molar-refractivity contribution in [3.63, 3.8) is 0 Å². The maximum absolute atomic E-state index is 12.0. The highest BCUT2D eigenvalue weighted by Gasteiger charge is 2.02. The second kappa shape index (κ2) is 6.19. The molecule has 1 N–H and O–H groups in total. The molecule has 19 heavy (non-hydrogen) atoms. The number of carbonyl (C=O) groups excluding carboxylic acids is 1. The molecule has 0 heterocycles. The summed E-state index contributed by atoms with van der Waals surface area (Å²) >= 11 is 0. The fourth-order valence-corrected chi connectivity index (χ4v) is 1.84. The van der Waals surface area contributed by atoms with E-state index in [1.165, 1.54) is 0 Å². The number of allylic oxidation sites excluding steroid dienone is 1. The highest BCUT2D eigenvalue weighted by molar-refractivity contribution is 6.06. The summed E-state index contributed by atoms with van der Waals surface area (Å²) in [5, 5.41) is 5.42. The van der Waals surface area contributed by atoms with Gasteiger partial charge < -0.3 is 5.32 Å². The van der Waals surface area contributed by atoms with E-state index in [9.17, 15) is 4.79 Å². The van der Waals surface area contributed by atoms with E-state index in [2.05, 4.69) is 19.2 Å². The van der Waals surface area contributed by atoms with Crippen LogP contribution in [0.5, 0.6) is 0 Å². The largest absolute Gasteiger partial charge is 0.388 e. The molecule has 1 atom stereocenters. The minimum atomic E-state index is 0.0292. The molecule has 0 aliphatic rings. The Labute approximate surface area is 114 Å². The predicted octanol–water partition coefficient (Wildman–Crippen LogP) is 3.92. The second-order valence-electron chi connectivity index (χ2n) is 4.74. The molecule has 2 rings (SSSR count). The molecule has 1 unspecified atom stereocenters. The van der Waals surface area contributed by atoms with Crippen molar-refractivity contribution in [1.82, 2.24) is 5.32 Å². The van der Waals surface area contributed by atoms with Crippen LogP contribution in [0.4, 0.5) is 0 Å². The van der Waals surface area contributed by atoms with Gasteiger partial charge in [0.15, 0.2) is 5.78 Å². The van der Waals surface area contributed by atoms with E-state index in [1.807, 2.05) is 42.5 Å². The third-order valence-corrected chi connectivity index (χ3v) is 3.26. The Hall–Kier alpha value is -2.09. The molecule has 0 bridgehead atoms. The summed E-state index contributed by atoms with van der Waals surface area (Å²) in [5.74, 6) is 0.0292. The van der Waals surface area contributed by atoms with Gasteiger partial charge in [0.1, 0.15) is 0 Å². The molecule has 2 heteroatoms. The number of nitrogens with one attached hydrogen (secondary N) is 1. The maximum atomic E-state index is 12.0. The lowest BCUT2D eigenvalue weighted by Crippen LogP contribution is -2.19. The van der Waals surface area contributed by atoms with Crippen LogP contribution in [-0.4, -0.2) is 11.8 Å². The summed E-state index contributed by atoms with van der Waals surface area (Å²) in [6.45, 7) is 4.20. The average Bonchev–Trinajstić information content (AvgIpc) is 2.46. The van der Waals surface area contributed by atoms with Gasteiger partial charge in [-0.1, -0.05) is 43.3 Å². The number of carbonyl (C=O) groups is 1. The van der Waals surface area contributed by atoms with Crippen LogP contribution < -0.4 is 5.32 Å². The lowest BCUT2D eigenvalue weighted by atomic mass is 10.0. The van der Waals surface area contributed by atoms with Gasteiger partial charge in [-0.15, -0.1) is 0 Å². The average molecular weight is 253 g/mol. The molecule has 0 radical (unpaired) electrons. The Kier molecular flexibility index (Phi) is 4.35. The van der Waals surface area contributed by atoms with Crippen LogP contribution in [0.25, 0.3) is 10.8 Å². The van der Waals surface area contributed by atoms with Crippen molar-refractivity contribution in [3.05, 3.63) is 60.3 Å². The van der Waals surface area contributed by atoms with Crippen LogP contribution in [0.15, 0.2) is 54.7 Å². The van der Waals surface area contributed by atoms with Crippen molar-refractivity contribution in [1.29, 1.82) is 0 Å². The molecule has 0 aliphatic heterocycles. The summed E-state index contributed by atoms with van der Waals surface area (Å²) in [5.41, 5.74) is 0.723. The number of ketones is 1.